The third-order valence-corrected chi connectivity index (χ3v) is 2.19. The van der Waals surface area contributed by atoms with Gasteiger partial charge < -0.3 is 9.47 Å². The van der Waals surface area contributed by atoms with Gasteiger partial charge in [-0.2, -0.15) is 0 Å². The molecule has 4 heteroatoms. The Labute approximate surface area is 89.6 Å². The van der Waals surface area contributed by atoms with E-state index in [4.69, 9.17) is 33.9 Å². The number of hydrogen-bond acceptors (Lipinski definition) is 4. The normalized spacial score (nSPS) is 19.5. The van der Waals surface area contributed by atoms with Crippen LogP contribution in [-0.4, -0.2) is 15.9 Å². The van der Waals surface area contributed by atoms with Gasteiger partial charge in [0.2, 0.25) is 0 Å². The summed E-state index contributed by atoms with van der Waals surface area (Å²) < 4.78 is 11.1. The smallest absolute Gasteiger partial charge is 0.252 e. The van der Waals surface area contributed by atoms with Crippen molar-refractivity contribution in [2.75, 3.05) is 0 Å². The van der Waals surface area contributed by atoms with E-state index in [0.29, 0.717) is 10.1 Å². The van der Waals surface area contributed by atoms with Crippen LogP contribution in [0.1, 0.15) is 39.5 Å². The van der Waals surface area contributed by atoms with Gasteiger partial charge in [0.1, 0.15) is 0 Å². The molecule has 1 aliphatic rings. The molecule has 1 rings (SSSR count). The number of ether oxygens (including phenoxy) is 2. The molecule has 2 nitrogen and oxygen atoms in total. The van der Waals surface area contributed by atoms with E-state index in [2.05, 4.69) is 0 Å². The lowest BCUT2D eigenvalue weighted by atomic mass is 10.2. The fraction of sp³-hybridized carbons (Fsp3) is 0.778. The fourth-order valence-electron chi connectivity index (χ4n) is 1.66. The van der Waals surface area contributed by atoms with E-state index >= 15 is 0 Å². The Kier molecular flexibility index (Phi) is 3.62. The molecule has 0 aliphatic heterocycles. The van der Waals surface area contributed by atoms with Gasteiger partial charge in [-0.25, -0.2) is 0 Å². The van der Waals surface area contributed by atoms with Crippen LogP contribution in [0.4, 0.5) is 0 Å². The van der Waals surface area contributed by atoms with E-state index in [9.17, 15) is 0 Å². The summed E-state index contributed by atoms with van der Waals surface area (Å²) in [5.74, 6) is -0.544. The van der Waals surface area contributed by atoms with Gasteiger partial charge in [-0.05, 0) is 37.3 Å². The highest BCUT2D eigenvalue weighted by molar-refractivity contribution is 7.80. The van der Waals surface area contributed by atoms with E-state index in [1.807, 2.05) is 0 Å². The lowest BCUT2D eigenvalue weighted by Gasteiger charge is -2.29. The molecule has 0 aromatic carbocycles. The third kappa shape index (κ3) is 3.19. The van der Waals surface area contributed by atoms with Gasteiger partial charge in [-0.3, -0.25) is 0 Å². The zero-order valence-electron chi connectivity index (χ0n) is 7.96. The second-order valence-corrected chi connectivity index (χ2v) is 4.45. The molecule has 0 aromatic rings. The summed E-state index contributed by atoms with van der Waals surface area (Å²) in [6.07, 6.45) is 4.00. The molecule has 1 saturated carbocycles. The van der Waals surface area contributed by atoms with Crippen LogP contribution >= 0.6 is 24.4 Å². The largest absolute Gasteiger partial charge is 0.446 e. The maximum Gasteiger partial charge on any atom is 0.252 e. The van der Waals surface area contributed by atoms with Crippen molar-refractivity contribution in [1.29, 1.82) is 0 Å². The van der Waals surface area contributed by atoms with Crippen LogP contribution in [0.5, 0.6) is 0 Å². The van der Waals surface area contributed by atoms with Crippen LogP contribution in [-0.2, 0) is 9.47 Å². The van der Waals surface area contributed by atoms with Crippen molar-refractivity contribution >= 4 is 34.5 Å². The predicted octanol–water partition coefficient (Wildman–Crippen LogP) is 2.98. The lowest BCUT2D eigenvalue weighted by Crippen LogP contribution is -2.35. The molecule has 0 N–H and O–H groups in total. The van der Waals surface area contributed by atoms with E-state index in [0.717, 1.165) is 25.7 Å². The molecule has 0 aromatic heterocycles. The number of rotatable bonds is 2. The standard InChI is InChI=1S/C9H14O2S2/c1-7(12)10-9(11-8(2)13)5-3-4-6-9/h3-6H2,1-2H3. The van der Waals surface area contributed by atoms with Crippen LogP contribution in [0.25, 0.3) is 0 Å². The Hall–Kier alpha value is -0.220. The van der Waals surface area contributed by atoms with Crippen molar-refractivity contribution in [3.05, 3.63) is 0 Å². The monoisotopic (exact) mass is 218 g/mol. The van der Waals surface area contributed by atoms with Gasteiger partial charge in [-0.1, -0.05) is 0 Å². The van der Waals surface area contributed by atoms with Crippen molar-refractivity contribution in [1.82, 2.24) is 0 Å². The Morgan fingerprint density at radius 3 is 1.69 bits per heavy atom. The maximum atomic E-state index is 5.53. The summed E-state index contributed by atoms with van der Waals surface area (Å²) in [7, 11) is 0. The van der Waals surface area contributed by atoms with Gasteiger partial charge >= 0.3 is 0 Å². The van der Waals surface area contributed by atoms with Gasteiger partial charge in [0.25, 0.3) is 5.79 Å². The summed E-state index contributed by atoms with van der Waals surface area (Å²) in [5.41, 5.74) is 0. The summed E-state index contributed by atoms with van der Waals surface area (Å²) in [4.78, 5) is 0. The highest BCUT2D eigenvalue weighted by Gasteiger charge is 2.38. The molecule has 0 unspecified atom stereocenters. The molecule has 0 heterocycles. The first-order valence-corrected chi connectivity index (χ1v) is 5.25. The van der Waals surface area contributed by atoms with Crippen molar-refractivity contribution in [3.8, 4) is 0 Å². The van der Waals surface area contributed by atoms with E-state index in [1.54, 1.807) is 13.8 Å². The Balaban J connectivity index is 2.62. The van der Waals surface area contributed by atoms with Crippen LogP contribution in [0, 0.1) is 0 Å². The quantitative estimate of drug-likeness (QED) is 0.523. The summed E-state index contributed by atoms with van der Waals surface area (Å²) >= 11 is 9.82. The van der Waals surface area contributed by atoms with Crippen LogP contribution < -0.4 is 0 Å². The number of hydrogen-bond donors (Lipinski definition) is 0. The SMILES string of the molecule is CC(=S)OC1(OC(C)=S)CCCC1. The van der Waals surface area contributed by atoms with E-state index < -0.39 is 5.79 Å². The highest BCUT2D eigenvalue weighted by atomic mass is 32.1. The molecular formula is C9H14O2S2. The Bertz CT molecular complexity index is 202. The molecule has 0 amide bonds. The number of thiocarbonyl (C=S) groups is 2. The molecule has 74 valence electrons. The predicted molar refractivity (Wildman–Crippen MR) is 59.9 cm³/mol. The molecule has 0 radical (unpaired) electrons. The second-order valence-electron chi connectivity index (χ2n) is 3.31. The van der Waals surface area contributed by atoms with Crippen molar-refractivity contribution in [2.45, 2.75) is 45.3 Å². The van der Waals surface area contributed by atoms with E-state index in [-0.39, 0.29) is 0 Å². The lowest BCUT2D eigenvalue weighted by molar-refractivity contribution is -0.124. The zero-order chi connectivity index (χ0) is 9.90. The molecule has 0 atom stereocenters. The first kappa shape index (κ1) is 10.9. The van der Waals surface area contributed by atoms with E-state index in [1.165, 1.54) is 0 Å². The topological polar surface area (TPSA) is 18.5 Å². The average molecular weight is 218 g/mol. The zero-order valence-corrected chi connectivity index (χ0v) is 9.59. The van der Waals surface area contributed by atoms with Crippen LogP contribution in [0.3, 0.4) is 0 Å². The maximum absolute atomic E-state index is 5.53. The molecular weight excluding hydrogens is 204 g/mol. The summed E-state index contributed by atoms with van der Waals surface area (Å²) in [5, 5.41) is 1.05. The van der Waals surface area contributed by atoms with Gasteiger partial charge in [0.15, 0.2) is 10.1 Å². The summed E-state index contributed by atoms with van der Waals surface area (Å²) in [6, 6.07) is 0. The second kappa shape index (κ2) is 4.33. The van der Waals surface area contributed by atoms with Crippen molar-refractivity contribution in [3.63, 3.8) is 0 Å². The minimum atomic E-state index is -0.544. The highest BCUT2D eigenvalue weighted by Crippen LogP contribution is 2.34. The molecule has 1 fully saturated rings. The minimum absolute atomic E-state index is 0.526. The summed E-state index contributed by atoms with van der Waals surface area (Å²) in [6.45, 7) is 3.52. The van der Waals surface area contributed by atoms with Crippen molar-refractivity contribution < 1.29 is 9.47 Å². The minimum Gasteiger partial charge on any atom is -0.446 e. The van der Waals surface area contributed by atoms with Gasteiger partial charge in [0, 0.05) is 26.7 Å². The van der Waals surface area contributed by atoms with Crippen molar-refractivity contribution in [2.24, 2.45) is 0 Å². The Morgan fingerprint density at radius 1 is 1.00 bits per heavy atom. The fourth-order valence-corrected chi connectivity index (χ4v) is 1.97. The molecule has 0 saturated heterocycles. The molecule has 1 aliphatic carbocycles. The first-order valence-electron chi connectivity index (χ1n) is 4.43. The Morgan fingerprint density at radius 2 is 1.38 bits per heavy atom. The van der Waals surface area contributed by atoms with Gasteiger partial charge in [-0.15, -0.1) is 0 Å². The van der Waals surface area contributed by atoms with Gasteiger partial charge in [0.05, 0.1) is 0 Å². The molecule has 13 heavy (non-hydrogen) atoms. The molecule has 0 spiro atoms. The molecule has 0 bridgehead atoms. The average Bonchev–Trinajstić information content (AvgIpc) is 2.33. The first-order chi connectivity index (χ1) is 6.04. The van der Waals surface area contributed by atoms with Crippen LogP contribution in [0.15, 0.2) is 0 Å². The third-order valence-electron chi connectivity index (χ3n) is 2.02. The van der Waals surface area contributed by atoms with Crippen LogP contribution in [0.2, 0.25) is 0 Å².